The molecule has 1 aliphatic rings. The zero-order chi connectivity index (χ0) is 22.7. The van der Waals surface area contributed by atoms with E-state index in [1.807, 2.05) is 0 Å². The average Bonchev–Trinajstić information content (AvgIpc) is 3.14. The van der Waals surface area contributed by atoms with Crippen molar-refractivity contribution in [2.24, 2.45) is 4.99 Å². The number of carbonyl (C=O) groups excluding carboxylic acids is 1. The lowest BCUT2D eigenvalue weighted by Crippen LogP contribution is -2.05. The number of rotatable bonds is 6. The molecule has 5 nitrogen and oxygen atoms in total. The number of benzene rings is 3. The van der Waals surface area contributed by atoms with Crippen molar-refractivity contribution in [2.75, 3.05) is 7.11 Å². The van der Waals surface area contributed by atoms with Crippen molar-refractivity contribution in [2.45, 2.75) is 6.61 Å². The van der Waals surface area contributed by atoms with E-state index in [0.29, 0.717) is 22.4 Å². The van der Waals surface area contributed by atoms with Gasteiger partial charge in [-0.25, -0.2) is 18.6 Å². The molecule has 0 aromatic heterocycles. The summed E-state index contributed by atoms with van der Waals surface area (Å²) in [7, 11) is 1.43. The van der Waals surface area contributed by atoms with E-state index in [1.54, 1.807) is 36.4 Å². The van der Waals surface area contributed by atoms with Crippen molar-refractivity contribution < 1.29 is 27.8 Å². The van der Waals surface area contributed by atoms with Gasteiger partial charge in [0.25, 0.3) is 0 Å². The predicted octanol–water partition coefficient (Wildman–Crippen LogP) is 5.55. The largest absolute Gasteiger partial charge is 0.493 e. The normalized spacial score (nSPS) is 14.3. The van der Waals surface area contributed by atoms with Crippen molar-refractivity contribution in [1.82, 2.24) is 0 Å². The summed E-state index contributed by atoms with van der Waals surface area (Å²) < 4.78 is 43.5. The molecule has 1 heterocycles. The number of aliphatic imine (C=N–C) groups is 1. The molecule has 0 saturated carbocycles. The van der Waals surface area contributed by atoms with Crippen LogP contribution in [-0.4, -0.2) is 19.0 Å². The standard InChI is InChI=1S/C24H16ClF2NO4/c1-30-21-11-14(9-18(25)22(21)31-13-16-5-2-3-8-19(16)27)10-20-24(29)32-23(28-20)15-6-4-7-17(26)12-15/h2-12H,13H2,1H3/b20-10-. The number of hydrogen-bond donors (Lipinski definition) is 0. The first-order valence-electron chi connectivity index (χ1n) is 9.47. The molecular formula is C24H16ClF2NO4. The molecule has 0 atom stereocenters. The van der Waals surface area contributed by atoms with Crippen LogP contribution >= 0.6 is 11.6 Å². The Morgan fingerprint density at radius 3 is 2.66 bits per heavy atom. The maximum Gasteiger partial charge on any atom is 0.363 e. The molecular weight excluding hydrogens is 440 g/mol. The fraction of sp³-hybridized carbons (Fsp3) is 0.0833. The molecule has 1 aliphatic heterocycles. The van der Waals surface area contributed by atoms with Gasteiger partial charge in [0.2, 0.25) is 5.90 Å². The Kier molecular flexibility index (Phi) is 6.18. The van der Waals surface area contributed by atoms with Gasteiger partial charge in [0.05, 0.1) is 12.1 Å². The molecule has 162 valence electrons. The number of nitrogens with zero attached hydrogens (tertiary/aromatic N) is 1. The smallest absolute Gasteiger partial charge is 0.363 e. The summed E-state index contributed by atoms with van der Waals surface area (Å²) in [6.45, 7) is -0.0448. The highest BCUT2D eigenvalue weighted by Gasteiger charge is 2.25. The van der Waals surface area contributed by atoms with Crippen molar-refractivity contribution in [1.29, 1.82) is 0 Å². The summed E-state index contributed by atoms with van der Waals surface area (Å²) in [5.41, 5.74) is 1.22. The topological polar surface area (TPSA) is 57.1 Å². The van der Waals surface area contributed by atoms with Gasteiger partial charge in [-0.3, -0.25) is 0 Å². The van der Waals surface area contributed by atoms with Gasteiger partial charge in [0, 0.05) is 11.1 Å². The first kappa shape index (κ1) is 21.5. The molecule has 0 bridgehead atoms. The number of methoxy groups -OCH3 is 1. The molecule has 4 rings (SSSR count). The summed E-state index contributed by atoms with van der Waals surface area (Å²) >= 11 is 6.36. The third kappa shape index (κ3) is 4.63. The molecule has 3 aromatic carbocycles. The lowest BCUT2D eigenvalue weighted by Gasteiger charge is -2.13. The van der Waals surface area contributed by atoms with Crippen LogP contribution in [0.3, 0.4) is 0 Å². The molecule has 8 heteroatoms. The quantitative estimate of drug-likeness (QED) is 0.361. The van der Waals surface area contributed by atoms with E-state index in [9.17, 15) is 13.6 Å². The van der Waals surface area contributed by atoms with Crippen LogP contribution in [0.4, 0.5) is 8.78 Å². The Hall–Kier alpha value is -3.71. The first-order valence-corrected chi connectivity index (χ1v) is 9.84. The minimum absolute atomic E-state index is 0.00338. The molecule has 32 heavy (non-hydrogen) atoms. The maximum absolute atomic E-state index is 13.9. The van der Waals surface area contributed by atoms with Gasteiger partial charge in [-0.1, -0.05) is 35.9 Å². The zero-order valence-corrected chi connectivity index (χ0v) is 17.5. The van der Waals surface area contributed by atoms with Crippen LogP contribution in [0.1, 0.15) is 16.7 Å². The summed E-state index contributed by atoms with van der Waals surface area (Å²) in [6.07, 6.45) is 1.46. The van der Waals surface area contributed by atoms with E-state index in [2.05, 4.69) is 4.99 Å². The zero-order valence-electron chi connectivity index (χ0n) is 16.8. The van der Waals surface area contributed by atoms with E-state index in [0.717, 1.165) is 0 Å². The molecule has 0 aliphatic carbocycles. The second-order valence-corrected chi connectivity index (χ2v) is 7.17. The van der Waals surface area contributed by atoms with Crippen LogP contribution in [0.2, 0.25) is 5.02 Å². The monoisotopic (exact) mass is 455 g/mol. The lowest BCUT2D eigenvalue weighted by atomic mass is 10.1. The molecule has 0 spiro atoms. The average molecular weight is 456 g/mol. The number of carbonyl (C=O) groups is 1. The van der Waals surface area contributed by atoms with Crippen molar-refractivity contribution >= 4 is 29.5 Å². The molecule has 0 amide bonds. The van der Waals surface area contributed by atoms with Crippen molar-refractivity contribution in [3.8, 4) is 11.5 Å². The van der Waals surface area contributed by atoms with Gasteiger partial charge >= 0.3 is 5.97 Å². The van der Waals surface area contributed by atoms with Crippen molar-refractivity contribution in [3.63, 3.8) is 0 Å². The van der Waals surface area contributed by atoms with E-state index in [1.165, 1.54) is 37.5 Å². The maximum atomic E-state index is 13.9. The predicted molar refractivity (Wildman–Crippen MR) is 116 cm³/mol. The summed E-state index contributed by atoms with van der Waals surface area (Å²) in [6, 6.07) is 15.0. The molecule has 0 fully saturated rings. The Morgan fingerprint density at radius 1 is 1.09 bits per heavy atom. The fourth-order valence-electron chi connectivity index (χ4n) is 3.04. The SMILES string of the molecule is COc1cc(/C=C2\N=C(c3cccc(F)c3)OC2=O)cc(Cl)c1OCc1ccccc1F. The number of cyclic esters (lactones) is 1. The van der Waals surface area contributed by atoms with Crippen LogP contribution < -0.4 is 9.47 Å². The number of esters is 1. The second kappa shape index (κ2) is 9.20. The van der Waals surface area contributed by atoms with Gasteiger partial charge < -0.3 is 14.2 Å². The molecule has 0 N–H and O–H groups in total. The second-order valence-electron chi connectivity index (χ2n) is 6.76. The number of ether oxygens (including phenoxy) is 3. The number of halogens is 3. The molecule has 0 unspecified atom stereocenters. The third-order valence-corrected chi connectivity index (χ3v) is 4.86. The van der Waals surface area contributed by atoms with Gasteiger partial charge in [0.1, 0.15) is 18.2 Å². The summed E-state index contributed by atoms with van der Waals surface area (Å²) in [5.74, 6) is -1.02. The third-order valence-electron chi connectivity index (χ3n) is 4.58. The van der Waals surface area contributed by atoms with Gasteiger partial charge in [-0.05, 0) is 48.0 Å². The first-order chi connectivity index (χ1) is 15.4. The van der Waals surface area contributed by atoms with E-state index in [-0.39, 0.29) is 29.0 Å². The van der Waals surface area contributed by atoms with Crippen LogP contribution in [-0.2, 0) is 16.1 Å². The van der Waals surface area contributed by atoms with Gasteiger partial charge in [-0.15, -0.1) is 0 Å². The summed E-state index contributed by atoms with van der Waals surface area (Å²) in [5, 5.41) is 0.202. The highest BCUT2D eigenvalue weighted by atomic mass is 35.5. The van der Waals surface area contributed by atoms with E-state index >= 15 is 0 Å². The van der Waals surface area contributed by atoms with Crippen LogP contribution in [0, 0.1) is 11.6 Å². The minimum Gasteiger partial charge on any atom is -0.493 e. The van der Waals surface area contributed by atoms with Gasteiger partial charge in [-0.2, -0.15) is 0 Å². The van der Waals surface area contributed by atoms with E-state index < -0.39 is 17.6 Å². The summed E-state index contributed by atoms with van der Waals surface area (Å²) in [4.78, 5) is 16.4. The Labute approximate surface area is 187 Å². The molecule has 3 aromatic rings. The highest BCUT2D eigenvalue weighted by molar-refractivity contribution is 6.32. The van der Waals surface area contributed by atoms with Crippen LogP contribution in [0.25, 0.3) is 6.08 Å². The van der Waals surface area contributed by atoms with Crippen LogP contribution in [0.5, 0.6) is 11.5 Å². The Bertz CT molecular complexity index is 1260. The highest BCUT2D eigenvalue weighted by Crippen LogP contribution is 2.38. The van der Waals surface area contributed by atoms with Crippen molar-refractivity contribution in [3.05, 3.63) is 99.7 Å². The molecule has 0 saturated heterocycles. The molecule has 0 radical (unpaired) electrons. The minimum atomic E-state index is -0.681. The van der Waals surface area contributed by atoms with Gasteiger partial charge in [0.15, 0.2) is 17.2 Å². The van der Waals surface area contributed by atoms with E-state index in [4.69, 9.17) is 25.8 Å². The Balaban J connectivity index is 1.60. The van der Waals surface area contributed by atoms with Crippen LogP contribution in [0.15, 0.2) is 71.4 Å². The fourth-order valence-corrected chi connectivity index (χ4v) is 3.31. The lowest BCUT2D eigenvalue weighted by molar-refractivity contribution is -0.129. The number of hydrogen-bond acceptors (Lipinski definition) is 5. The Morgan fingerprint density at radius 2 is 1.91 bits per heavy atom.